The zero-order valence-corrected chi connectivity index (χ0v) is 7.75. The Morgan fingerprint density at radius 3 is 2.85 bits per heavy atom. The Morgan fingerprint density at radius 1 is 1.54 bits per heavy atom. The molecule has 0 aromatic carbocycles. The summed E-state index contributed by atoms with van der Waals surface area (Å²) < 4.78 is 0. The zero-order chi connectivity index (χ0) is 9.68. The van der Waals surface area contributed by atoms with Gasteiger partial charge in [-0.1, -0.05) is 18.8 Å². The zero-order valence-electron chi connectivity index (χ0n) is 7.75. The molecule has 1 amide bonds. The summed E-state index contributed by atoms with van der Waals surface area (Å²) in [6, 6.07) is 0.0199. The van der Waals surface area contributed by atoms with Gasteiger partial charge in [-0.2, -0.15) is 0 Å². The maximum atomic E-state index is 11.5. The van der Waals surface area contributed by atoms with E-state index >= 15 is 0 Å². The second-order valence-corrected chi connectivity index (χ2v) is 3.48. The number of terminal acetylenes is 1. The van der Waals surface area contributed by atoms with Crippen LogP contribution in [0.3, 0.4) is 0 Å². The van der Waals surface area contributed by atoms with Crippen LogP contribution in [0.4, 0.5) is 0 Å². The topological polar surface area (TPSA) is 55.1 Å². The van der Waals surface area contributed by atoms with Crippen molar-refractivity contribution >= 4 is 5.91 Å². The second kappa shape index (κ2) is 4.88. The van der Waals surface area contributed by atoms with Gasteiger partial charge in [0.2, 0.25) is 5.91 Å². The van der Waals surface area contributed by atoms with Crippen molar-refractivity contribution in [2.45, 2.75) is 31.7 Å². The molecule has 1 fully saturated rings. The van der Waals surface area contributed by atoms with Gasteiger partial charge in [0.05, 0.1) is 12.5 Å². The van der Waals surface area contributed by atoms with E-state index in [1.165, 1.54) is 0 Å². The first-order chi connectivity index (χ1) is 6.25. The lowest BCUT2D eigenvalue weighted by molar-refractivity contribution is -0.126. The molecular weight excluding hydrogens is 164 g/mol. The molecule has 3 nitrogen and oxygen atoms in total. The fraction of sp³-hybridized carbons (Fsp3) is 0.700. The maximum Gasteiger partial charge on any atom is 0.225 e. The summed E-state index contributed by atoms with van der Waals surface area (Å²) in [7, 11) is 0. The Balaban J connectivity index is 2.40. The van der Waals surface area contributed by atoms with Crippen molar-refractivity contribution in [3.05, 3.63) is 0 Å². The fourth-order valence-corrected chi connectivity index (χ4v) is 1.75. The molecule has 1 rings (SSSR count). The smallest absolute Gasteiger partial charge is 0.225 e. The van der Waals surface area contributed by atoms with Crippen molar-refractivity contribution < 1.29 is 4.79 Å². The summed E-state index contributed by atoms with van der Waals surface area (Å²) in [6.07, 6.45) is 9.14. The molecule has 13 heavy (non-hydrogen) atoms. The SMILES string of the molecule is C#CCNC(=O)C1CCCCC1N. The first kappa shape index (κ1) is 10.1. The maximum absolute atomic E-state index is 11.5. The summed E-state index contributed by atoms with van der Waals surface area (Å²) in [6.45, 7) is 0.308. The minimum absolute atomic E-state index is 0.0187. The number of nitrogens with one attached hydrogen (secondary N) is 1. The number of carbonyl (C=O) groups is 1. The van der Waals surface area contributed by atoms with Gasteiger partial charge in [-0.05, 0) is 12.8 Å². The highest BCUT2D eigenvalue weighted by Crippen LogP contribution is 2.22. The molecule has 1 aliphatic rings. The minimum Gasteiger partial charge on any atom is -0.345 e. The first-order valence-electron chi connectivity index (χ1n) is 4.72. The van der Waals surface area contributed by atoms with Gasteiger partial charge >= 0.3 is 0 Å². The monoisotopic (exact) mass is 180 g/mol. The second-order valence-electron chi connectivity index (χ2n) is 3.48. The van der Waals surface area contributed by atoms with Gasteiger partial charge in [0.1, 0.15) is 0 Å². The predicted octanol–water partition coefficient (Wildman–Crippen LogP) is 0.253. The number of hydrogen-bond donors (Lipinski definition) is 2. The van der Waals surface area contributed by atoms with Gasteiger partial charge in [-0.15, -0.1) is 6.42 Å². The van der Waals surface area contributed by atoms with Crippen molar-refractivity contribution in [1.29, 1.82) is 0 Å². The standard InChI is InChI=1S/C10H16N2O/c1-2-7-12-10(13)8-5-3-4-6-9(8)11/h1,8-9H,3-7,11H2,(H,12,13). The van der Waals surface area contributed by atoms with Gasteiger partial charge in [0.15, 0.2) is 0 Å². The Hall–Kier alpha value is -1.01. The number of amides is 1. The van der Waals surface area contributed by atoms with Crippen LogP contribution < -0.4 is 11.1 Å². The van der Waals surface area contributed by atoms with E-state index in [0.29, 0.717) is 6.54 Å². The summed E-state index contributed by atoms with van der Waals surface area (Å²) in [5.41, 5.74) is 5.84. The van der Waals surface area contributed by atoms with Gasteiger partial charge in [0.25, 0.3) is 0 Å². The van der Waals surface area contributed by atoms with Gasteiger partial charge < -0.3 is 11.1 Å². The van der Waals surface area contributed by atoms with E-state index in [2.05, 4.69) is 11.2 Å². The molecule has 2 unspecified atom stereocenters. The first-order valence-corrected chi connectivity index (χ1v) is 4.72. The Kier molecular flexibility index (Phi) is 3.78. The molecule has 0 bridgehead atoms. The normalized spacial score (nSPS) is 27.7. The molecule has 1 saturated carbocycles. The molecule has 3 N–H and O–H groups in total. The predicted molar refractivity (Wildman–Crippen MR) is 51.8 cm³/mol. The molecule has 3 heteroatoms. The molecule has 0 aromatic heterocycles. The van der Waals surface area contributed by atoms with E-state index in [1.54, 1.807) is 0 Å². The van der Waals surface area contributed by atoms with Crippen molar-refractivity contribution in [2.75, 3.05) is 6.54 Å². The average Bonchev–Trinajstić information content (AvgIpc) is 2.15. The van der Waals surface area contributed by atoms with Crippen molar-refractivity contribution in [2.24, 2.45) is 11.7 Å². The van der Waals surface area contributed by atoms with E-state index in [9.17, 15) is 4.79 Å². The van der Waals surface area contributed by atoms with Crippen LogP contribution in [-0.2, 0) is 4.79 Å². The molecule has 0 radical (unpaired) electrons. The quantitative estimate of drug-likeness (QED) is 0.599. The van der Waals surface area contributed by atoms with Crippen molar-refractivity contribution in [1.82, 2.24) is 5.32 Å². The van der Waals surface area contributed by atoms with Crippen molar-refractivity contribution in [3.8, 4) is 12.3 Å². The number of carbonyl (C=O) groups excluding carboxylic acids is 1. The van der Waals surface area contributed by atoms with Crippen LogP contribution in [0.25, 0.3) is 0 Å². The molecule has 0 aliphatic heterocycles. The Morgan fingerprint density at radius 2 is 2.23 bits per heavy atom. The van der Waals surface area contributed by atoms with Gasteiger partial charge in [0, 0.05) is 6.04 Å². The van der Waals surface area contributed by atoms with Crippen LogP contribution in [0.5, 0.6) is 0 Å². The number of nitrogens with two attached hydrogens (primary N) is 1. The molecular formula is C10H16N2O. The molecule has 0 aromatic rings. The summed E-state index contributed by atoms with van der Waals surface area (Å²) in [4.78, 5) is 11.5. The van der Waals surface area contributed by atoms with Gasteiger partial charge in [-0.3, -0.25) is 4.79 Å². The van der Waals surface area contributed by atoms with Crippen LogP contribution in [0.15, 0.2) is 0 Å². The third-order valence-electron chi connectivity index (χ3n) is 2.52. The third kappa shape index (κ3) is 2.74. The van der Waals surface area contributed by atoms with Gasteiger partial charge in [-0.25, -0.2) is 0 Å². The van der Waals surface area contributed by atoms with E-state index in [0.717, 1.165) is 25.7 Å². The minimum atomic E-state index is -0.0258. The van der Waals surface area contributed by atoms with Crippen LogP contribution in [-0.4, -0.2) is 18.5 Å². The lowest BCUT2D eigenvalue weighted by Crippen LogP contribution is -2.43. The van der Waals surface area contributed by atoms with E-state index in [1.807, 2.05) is 0 Å². The summed E-state index contributed by atoms with van der Waals surface area (Å²) in [5, 5.41) is 2.68. The molecule has 2 atom stereocenters. The lowest BCUT2D eigenvalue weighted by atomic mass is 9.84. The lowest BCUT2D eigenvalue weighted by Gasteiger charge is -2.27. The van der Waals surface area contributed by atoms with Crippen molar-refractivity contribution in [3.63, 3.8) is 0 Å². The highest BCUT2D eigenvalue weighted by Gasteiger charge is 2.27. The largest absolute Gasteiger partial charge is 0.345 e. The fourth-order valence-electron chi connectivity index (χ4n) is 1.75. The number of rotatable bonds is 2. The summed E-state index contributed by atoms with van der Waals surface area (Å²) in [5.74, 6) is 2.37. The van der Waals surface area contributed by atoms with E-state index in [4.69, 9.17) is 12.2 Å². The Bertz CT molecular complexity index is 219. The Labute approximate surface area is 79.1 Å². The molecule has 0 saturated heterocycles. The highest BCUT2D eigenvalue weighted by atomic mass is 16.1. The van der Waals surface area contributed by atoms with E-state index < -0.39 is 0 Å². The molecule has 1 aliphatic carbocycles. The highest BCUT2D eigenvalue weighted by molar-refractivity contribution is 5.79. The van der Waals surface area contributed by atoms with Crippen LogP contribution in [0, 0.1) is 18.3 Å². The molecule has 72 valence electrons. The summed E-state index contributed by atoms with van der Waals surface area (Å²) >= 11 is 0. The third-order valence-corrected chi connectivity index (χ3v) is 2.52. The molecule has 0 spiro atoms. The van der Waals surface area contributed by atoms with Crippen LogP contribution in [0.1, 0.15) is 25.7 Å². The van der Waals surface area contributed by atoms with Crippen LogP contribution >= 0.6 is 0 Å². The van der Waals surface area contributed by atoms with Crippen LogP contribution in [0.2, 0.25) is 0 Å². The number of hydrogen-bond acceptors (Lipinski definition) is 2. The average molecular weight is 180 g/mol. The molecule has 0 heterocycles. The van der Waals surface area contributed by atoms with E-state index in [-0.39, 0.29) is 17.9 Å².